The number of nitrogens with one attached hydrogen (secondary N) is 1. The summed E-state index contributed by atoms with van der Waals surface area (Å²) in [6, 6.07) is 14.0. The van der Waals surface area contributed by atoms with Gasteiger partial charge in [-0.05, 0) is 43.2 Å². The first kappa shape index (κ1) is 21.1. The summed E-state index contributed by atoms with van der Waals surface area (Å²) in [5, 5.41) is 4.52. The van der Waals surface area contributed by atoms with Crippen LogP contribution in [0.4, 0.5) is 0 Å². The number of amides is 1. The van der Waals surface area contributed by atoms with Gasteiger partial charge >= 0.3 is 0 Å². The molecule has 0 fully saturated rings. The first-order valence-electron chi connectivity index (χ1n) is 9.92. The topological polar surface area (TPSA) is 68.5 Å². The number of carbonyl (C=O) groups is 1. The van der Waals surface area contributed by atoms with E-state index in [0.29, 0.717) is 19.6 Å². The van der Waals surface area contributed by atoms with Crippen molar-refractivity contribution in [2.24, 2.45) is 0 Å². The van der Waals surface area contributed by atoms with Gasteiger partial charge in [0.2, 0.25) is 5.91 Å². The molecule has 1 amide bonds. The minimum Gasteiger partial charge on any atom is -0.385 e. The van der Waals surface area contributed by atoms with Crippen LogP contribution in [0.1, 0.15) is 19.8 Å². The molecule has 0 spiro atoms. The predicted octanol–water partition coefficient (Wildman–Crippen LogP) is 4.82. The Labute approximate surface area is 187 Å². The summed E-state index contributed by atoms with van der Waals surface area (Å²) in [6.45, 7) is 3.26. The van der Waals surface area contributed by atoms with Gasteiger partial charge in [-0.25, -0.2) is 9.97 Å². The molecule has 4 rings (SSSR count). The smallest absolute Gasteiger partial charge is 0.233 e. The van der Waals surface area contributed by atoms with Gasteiger partial charge in [-0.2, -0.15) is 0 Å². The Morgan fingerprint density at radius 3 is 2.87 bits per heavy atom. The van der Waals surface area contributed by atoms with Crippen LogP contribution in [0.15, 0.2) is 52.1 Å². The molecule has 2 heterocycles. The van der Waals surface area contributed by atoms with E-state index < -0.39 is 0 Å². The zero-order valence-corrected chi connectivity index (χ0v) is 19.3. The van der Waals surface area contributed by atoms with Crippen molar-refractivity contribution in [3.05, 3.63) is 46.9 Å². The summed E-state index contributed by atoms with van der Waals surface area (Å²) >= 11 is 5.04. The summed E-state index contributed by atoms with van der Waals surface area (Å²) in [5.41, 5.74) is 3.60. The molecule has 0 saturated heterocycles. The molecular weight excluding hydrogens is 464 g/mol. The van der Waals surface area contributed by atoms with Crippen molar-refractivity contribution in [1.29, 1.82) is 0 Å². The van der Waals surface area contributed by atoms with Crippen molar-refractivity contribution < 1.29 is 9.53 Å². The molecule has 0 aliphatic carbocycles. The molecule has 0 unspecified atom stereocenters. The molecule has 30 heavy (non-hydrogen) atoms. The second kappa shape index (κ2) is 9.32. The molecule has 0 bridgehead atoms. The third-order valence-corrected chi connectivity index (χ3v) is 6.71. The fourth-order valence-corrected chi connectivity index (χ4v) is 4.82. The molecule has 4 aromatic rings. The number of ether oxygens (including phenoxy) is 1. The molecule has 0 aliphatic heterocycles. The van der Waals surface area contributed by atoms with E-state index in [4.69, 9.17) is 14.7 Å². The van der Waals surface area contributed by atoms with Crippen molar-refractivity contribution in [3.8, 4) is 0 Å². The summed E-state index contributed by atoms with van der Waals surface area (Å²) in [4.78, 5) is 22.5. The van der Waals surface area contributed by atoms with Gasteiger partial charge in [-0.15, -0.1) is 0 Å². The zero-order valence-electron chi connectivity index (χ0n) is 16.9. The highest BCUT2D eigenvalue weighted by atomic mass is 79.9. The van der Waals surface area contributed by atoms with Gasteiger partial charge in [-0.3, -0.25) is 9.20 Å². The van der Waals surface area contributed by atoms with Crippen molar-refractivity contribution in [3.63, 3.8) is 0 Å². The average molecular weight is 487 g/mol. The van der Waals surface area contributed by atoms with Crippen LogP contribution in [-0.4, -0.2) is 45.8 Å². The van der Waals surface area contributed by atoms with Crippen LogP contribution in [-0.2, 0) is 9.53 Å². The minimum absolute atomic E-state index is 0.0221. The summed E-state index contributed by atoms with van der Waals surface area (Å²) in [6.07, 6.45) is 1.50. The van der Waals surface area contributed by atoms with Gasteiger partial charge in [-0.1, -0.05) is 46.7 Å². The molecule has 1 atom stereocenters. The van der Waals surface area contributed by atoms with E-state index in [9.17, 15) is 4.79 Å². The number of aromatic nitrogens is 3. The lowest BCUT2D eigenvalue weighted by atomic mass is 10.2. The molecule has 6 nitrogen and oxygen atoms in total. The normalized spacial score (nSPS) is 12.6. The fraction of sp³-hybridized carbons (Fsp3) is 0.318. The molecule has 1 N–H and O–H groups in total. The Balaban J connectivity index is 1.77. The van der Waals surface area contributed by atoms with E-state index in [0.717, 1.165) is 43.6 Å². The van der Waals surface area contributed by atoms with Gasteiger partial charge < -0.3 is 10.1 Å². The average Bonchev–Trinajstić information content (AvgIpc) is 3.15. The molecule has 8 heteroatoms. The molecule has 2 aromatic heterocycles. The van der Waals surface area contributed by atoms with E-state index in [2.05, 4.69) is 25.6 Å². The Morgan fingerprint density at radius 1 is 1.23 bits per heavy atom. The van der Waals surface area contributed by atoms with Crippen molar-refractivity contribution in [2.75, 3.05) is 20.3 Å². The number of nitrogens with zero attached hydrogens (tertiary/aromatic N) is 3. The van der Waals surface area contributed by atoms with E-state index in [1.807, 2.05) is 49.4 Å². The first-order chi connectivity index (χ1) is 14.6. The Kier molecular flexibility index (Phi) is 6.55. The SMILES string of the molecule is CC[C@H](Sc1nc2ccc(Br)cc2c2nc3ccccc3n12)C(=O)NCCCOC. The number of halogens is 1. The standard InChI is InChI=1S/C22H23BrN4O2S/c1-3-19(21(28)24-11-6-12-29-2)30-22-26-16-10-9-14(23)13-15(16)20-25-17-7-4-5-8-18(17)27(20)22/h4-5,7-10,13,19H,3,6,11-12H2,1-2H3,(H,24,28)/t19-/m0/s1. The third-order valence-electron chi connectivity index (χ3n) is 4.90. The number of thioether (sulfide) groups is 1. The number of rotatable bonds is 8. The molecule has 0 radical (unpaired) electrons. The molecule has 0 aliphatic rings. The second-order valence-corrected chi connectivity index (χ2v) is 9.05. The molecular formula is C22H23BrN4O2S. The van der Waals surface area contributed by atoms with Crippen LogP contribution in [0.3, 0.4) is 0 Å². The lowest BCUT2D eigenvalue weighted by Gasteiger charge is -2.16. The number of para-hydroxylation sites is 2. The largest absolute Gasteiger partial charge is 0.385 e. The summed E-state index contributed by atoms with van der Waals surface area (Å²) < 4.78 is 8.10. The minimum atomic E-state index is -0.239. The zero-order chi connectivity index (χ0) is 21.1. The Bertz CT molecular complexity index is 1210. The van der Waals surface area contributed by atoms with Gasteiger partial charge in [0.1, 0.15) is 5.65 Å². The lowest BCUT2D eigenvalue weighted by Crippen LogP contribution is -2.33. The third kappa shape index (κ3) is 4.17. The van der Waals surface area contributed by atoms with Crippen LogP contribution in [0.25, 0.3) is 27.6 Å². The molecule has 156 valence electrons. The van der Waals surface area contributed by atoms with Gasteiger partial charge in [0, 0.05) is 30.1 Å². The van der Waals surface area contributed by atoms with Crippen molar-refractivity contribution >= 4 is 61.2 Å². The van der Waals surface area contributed by atoms with Crippen molar-refractivity contribution in [2.45, 2.75) is 30.2 Å². The van der Waals surface area contributed by atoms with Crippen LogP contribution < -0.4 is 5.32 Å². The van der Waals surface area contributed by atoms with Crippen LogP contribution >= 0.6 is 27.7 Å². The summed E-state index contributed by atoms with van der Waals surface area (Å²) in [7, 11) is 1.66. The number of carbonyl (C=O) groups excluding carboxylic acids is 1. The number of imidazole rings is 1. The van der Waals surface area contributed by atoms with Crippen LogP contribution in [0, 0.1) is 0 Å². The van der Waals surface area contributed by atoms with Crippen LogP contribution in [0.2, 0.25) is 0 Å². The van der Waals surface area contributed by atoms with E-state index in [-0.39, 0.29) is 11.2 Å². The predicted molar refractivity (Wildman–Crippen MR) is 125 cm³/mol. The number of fused-ring (bicyclic) bond motifs is 5. The second-order valence-electron chi connectivity index (χ2n) is 6.97. The van der Waals surface area contributed by atoms with E-state index in [1.165, 1.54) is 11.8 Å². The maximum Gasteiger partial charge on any atom is 0.233 e. The van der Waals surface area contributed by atoms with Gasteiger partial charge in [0.15, 0.2) is 5.16 Å². The highest BCUT2D eigenvalue weighted by Gasteiger charge is 2.22. The maximum absolute atomic E-state index is 12.8. The molecule has 0 saturated carbocycles. The van der Waals surface area contributed by atoms with E-state index >= 15 is 0 Å². The van der Waals surface area contributed by atoms with Gasteiger partial charge in [0.05, 0.1) is 21.8 Å². The Hall–Kier alpha value is -2.16. The Morgan fingerprint density at radius 2 is 2.07 bits per heavy atom. The van der Waals surface area contributed by atoms with E-state index in [1.54, 1.807) is 7.11 Å². The molecule has 2 aromatic carbocycles. The van der Waals surface area contributed by atoms with Crippen LogP contribution in [0.5, 0.6) is 0 Å². The number of hydrogen-bond donors (Lipinski definition) is 1. The summed E-state index contributed by atoms with van der Waals surface area (Å²) in [5.74, 6) is 0.0221. The first-order valence-corrected chi connectivity index (χ1v) is 11.6. The highest BCUT2D eigenvalue weighted by molar-refractivity contribution is 9.10. The number of benzene rings is 2. The van der Waals surface area contributed by atoms with Gasteiger partial charge in [0.25, 0.3) is 0 Å². The number of hydrogen-bond acceptors (Lipinski definition) is 5. The maximum atomic E-state index is 12.8. The quantitative estimate of drug-likeness (QED) is 0.219. The lowest BCUT2D eigenvalue weighted by molar-refractivity contribution is -0.120. The van der Waals surface area contributed by atoms with Crippen molar-refractivity contribution in [1.82, 2.24) is 19.7 Å². The fourth-order valence-electron chi connectivity index (χ4n) is 3.41. The number of methoxy groups -OCH3 is 1. The highest BCUT2D eigenvalue weighted by Crippen LogP contribution is 2.32. The monoisotopic (exact) mass is 486 g/mol.